The molecule has 0 saturated heterocycles. The highest BCUT2D eigenvalue weighted by Gasteiger charge is 2.20. The lowest BCUT2D eigenvalue weighted by molar-refractivity contribution is -0.126. The first kappa shape index (κ1) is 18.6. The van der Waals surface area contributed by atoms with E-state index in [4.69, 9.17) is 0 Å². The number of rotatable bonds is 6. The topological polar surface area (TPSA) is 71.1 Å². The van der Waals surface area contributed by atoms with Crippen molar-refractivity contribution < 1.29 is 9.59 Å². The van der Waals surface area contributed by atoms with Crippen molar-refractivity contribution >= 4 is 28.3 Å². The number of nitrogens with zero attached hydrogens (tertiary/aromatic N) is 1. The smallest absolute Gasteiger partial charge is 0.227 e. The van der Waals surface area contributed by atoms with Crippen molar-refractivity contribution in [3.05, 3.63) is 35.2 Å². The van der Waals surface area contributed by atoms with Gasteiger partial charge in [0.15, 0.2) is 5.13 Å². The standard InChI is InChI=1S/C20H25N3O2S/c1-14-7-9-15(10-8-14)17-13-26-20(22-17)23-18(24)11-12-21-19(25)16-5-3-2-4-6-16/h7-10,13,16H,2-6,11-12H2,1H3,(H,21,25)(H,22,23,24). The first-order valence-electron chi connectivity index (χ1n) is 9.22. The van der Waals surface area contributed by atoms with Gasteiger partial charge in [0.2, 0.25) is 11.8 Å². The molecule has 1 aliphatic rings. The number of carbonyl (C=O) groups is 2. The van der Waals surface area contributed by atoms with Gasteiger partial charge in [0.1, 0.15) is 0 Å². The lowest BCUT2D eigenvalue weighted by Crippen LogP contribution is -2.34. The first-order chi connectivity index (χ1) is 12.6. The van der Waals surface area contributed by atoms with Gasteiger partial charge in [-0.05, 0) is 19.8 Å². The molecule has 1 heterocycles. The summed E-state index contributed by atoms with van der Waals surface area (Å²) >= 11 is 1.41. The molecule has 0 unspecified atom stereocenters. The van der Waals surface area contributed by atoms with E-state index in [0.29, 0.717) is 11.7 Å². The Balaban J connectivity index is 1.43. The molecule has 3 rings (SSSR count). The van der Waals surface area contributed by atoms with Crippen LogP contribution in [0.15, 0.2) is 29.6 Å². The van der Waals surface area contributed by atoms with E-state index < -0.39 is 0 Å². The van der Waals surface area contributed by atoms with Gasteiger partial charge in [0.05, 0.1) is 5.69 Å². The highest BCUT2D eigenvalue weighted by Crippen LogP contribution is 2.25. The Morgan fingerprint density at radius 2 is 1.88 bits per heavy atom. The molecule has 2 amide bonds. The van der Waals surface area contributed by atoms with Crippen molar-refractivity contribution in [2.75, 3.05) is 11.9 Å². The minimum Gasteiger partial charge on any atom is -0.355 e. The number of benzene rings is 1. The van der Waals surface area contributed by atoms with Crippen LogP contribution in [0.2, 0.25) is 0 Å². The van der Waals surface area contributed by atoms with Crippen LogP contribution in [0.4, 0.5) is 5.13 Å². The van der Waals surface area contributed by atoms with Crippen LogP contribution in [0.3, 0.4) is 0 Å². The fraction of sp³-hybridized carbons (Fsp3) is 0.450. The lowest BCUT2D eigenvalue weighted by Gasteiger charge is -2.20. The highest BCUT2D eigenvalue weighted by molar-refractivity contribution is 7.14. The van der Waals surface area contributed by atoms with Crippen LogP contribution in [0.25, 0.3) is 11.3 Å². The molecule has 26 heavy (non-hydrogen) atoms. The summed E-state index contributed by atoms with van der Waals surface area (Å²) in [4.78, 5) is 28.6. The number of amides is 2. The molecule has 0 radical (unpaired) electrons. The summed E-state index contributed by atoms with van der Waals surface area (Å²) in [5.74, 6) is 0.0926. The Kier molecular flexibility index (Phi) is 6.39. The number of hydrogen-bond donors (Lipinski definition) is 2. The third kappa shape index (κ3) is 5.14. The van der Waals surface area contributed by atoms with Crippen LogP contribution < -0.4 is 10.6 Å². The highest BCUT2D eigenvalue weighted by atomic mass is 32.1. The quantitative estimate of drug-likeness (QED) is 0.801. The van der Waals surface area contributed by atoms with E-state index in [0.717, 1.165) is 36.9 Å². The fourth-order valence-corrected chi connectivity index (χ4v) is 3.91. The molecular formula is C20H25N3O2S. The second kappa shape index (κ2) is 8.94. The van der Waals surface area contributed by atoms with Crippen molar-refractivity contribution in [1.29, 1.82) is 0 Å². The molecule has 0 bridgehead atoms. The van der Waals surface area contributed by atoms with Crippen LogP contribution >= 0.6 is 11.3 Å². The van der Waals surface area contributed by atoms with Crippen LogP contribution in [-0.4, -0.2) is 23.3 Å². The van der Waals surface area contributed by atoms with Gasteiger partial charge >= 0.3 is 0 Å². The molecule has 5 nitrogen and oxygen atoms in total. The predicted octanol–water partition coefficient (Wildman–Crippen LogP) is 4.14. The molecule has 1 aromatic carbocycles. The Hall–Kier alpha value is -2.21. The summed E-state index contributed by atoms with van der Waals surface area (Å²) in [6, 6.07) is 8.14. The molecule has 1 aromatic heterocycles. The number of nitrogens with one attached hydrogen (secondary N) is 2. The predicted molar refractivity (Wildman–Crippen MR) is 105 cm³/mol. The maximum atomic E-state index is 12.1. The number of anilines is 1. The van der Waals surface area contributed by atoms with Gasteiger partial charge in [-0.25, -0.2) is 4.98 Å². The average Bonchev–Trinajstić information content (AvgIpc) is 3.11. The third-order valence-corrected chi connectivity index (χ3v) is 5.48. The Bertz CT molecular complexity index is 749. The minimum absolute atomic E-state index is 0.0911. The monoisotopic (exact) mass is 371 g/mol. The van der Waals surface area contributed by atoms with Crippen molar-refractivity contribution in [2.45, 2.75) is 45.4 Å². The number of thiazole rings is 1. The summed E-state index contributed by atoms with van der Waals surface area (Å²) in [5.41, 5.74) is 3.09. The van der Waals surface area contributed by atoms with Gasteiger partial charge in [-0.15, -0.1) is 11.3 Å². The molecule has 1 fully saturated rings. The summed E-state index contributed by atoms with van der Waals surface area (Å²) in [5, 5.41) is 8.23. The lowest BCUT2D eigenvalue weighted by atomic mass is 9.89. The molecule has 0 aliphatic heterocycles. The largest absolute Gasteiger partial charge is 0.355 e. The van der Waals surface area contributed by atoms with Crippen molar-refractivity contribution in [3.8, 4) is 11.3 Å². The molecular weight excluding hydrogens is 346 g/mol. The second-order valence-electron chi connectivity index (χ2n) is 6.83. The molecule has 0 atom stereocenters. The average molecular weight is 372 g/mol. The van der Waals surface area contributed by atoms with Crippen LogP contribution in [0.5, 0.6) is 0 Å². The van der Waals surface area contributed by atoms with E-state index in [1.165, 1.54) is 23.3 Å². The molecule has 2 aromatic rings. The summed E-state index contributed by atoms with van der Waals surface area (Å²) in [6.07, 6.45) is 5.69. The van der Waals surface area contributed by atoms with Gasteiger partial charge in [-0.2, -0.15) is 0 Å². The van der Waals surface area contributed by atoms with Crippen molar-refractivity contribution in [1.82, 2.24) is 10.3 Å². The zero-order valence-electron chi connectivity index (χ0n) is 15.1. The van der Waals surface area contributed by atoms with Crippen molar-refractivity contribution in [2.24, 2.45) is 5.92 Å². The van der Waals surface area contributed by atoms with E-state index in [9.17, 15) is 9.59 Å². The van der Waals surface area contributed by atoms with E-state index in [1.807, 2.05) is 36.6 Å². The molecule has 1 saturated carbocycles. The Labute approximate surface area is 158 Å². The fourth-order valence-electron chi connectivity index (χ4n) is 3.18. The molecule has 2 N–H and O–H groups in total. The van der Waals surface area contributed by atoms with Crippen LogP contribution in [-0.2, 0) is 9.59 Å². The minimum atomic E-state index is -0.126. The molecule has 0 spiro atoms. The zero-order valence-corrected chi connectivity index (χ0v) is 15.9. The summed E-state index contributed by atoms with van der Waals surface area (Å²) in [7, 11) is 0. The number of aromatic nitrogens is 1. The zero-order chi connectivity index (χ0) is 18.4. The number of aryl methyl sites for hydroxylation is 1. The van der Waals surface area contributed by atoms with Crippen molar-refractivity contribution in [3.63, 3.8) is 0 Å². The van der Waals surface area contributed by atoms with Crippen LogP contribution in [0.1, 0.15) is 44.1 Å². The normalized spacial score (nSPS) is 14.8. The Morgan fingerprint density at radius 1 is 1.15 bits per heavy atom. The SMILES string of the molecule is Cc1ccc(-c2csc(NC(=O)CCNC(=O)C3CCCCC3)n2)cc1. The van der Waals surface area contributed by atoms with Crippen LogP contribution in [0, 0.1) is 12.8 Å². The maximum Gasteiger partial charge on any atom is 0.227 e. The van der Waals surface area contributed by atoms with E-state index in [-0.39, 0.29) is 24.2 Å². The molecule has 6 heteroatoms. The van der Waals surface area contributed by atoms with Gasteiger partial charge in [-0.1, -0.05) is 49.1 Å². The number of carbonyl (C=O) groups excluding carboxylic acids is 2. The van der Waals surface area contributed by atoms with E-state index >= 15 is 0 Å². The van der Waals surface area contributed by atoms with Gasteiger partial charge < -0.3 is 10.6 Å². The van der Waals surface area contributed by atoms with E-state index in [1.54, 1.807) is 0 Å². The van der Waals surface area contributed by atoms with Gasteiger partial charge in [0.25, 0.3) is 0 Å². The Morgan fingerprint density at radius 3 is 2.62 bits per heavy atom. The van der Waals surface area contributed by atoms with Gasteiger partial charge in [0, 0.05) is 29.8 Å². The third-order valence-electron chi connectivity index (χ3n) is 4.73. The molecule has 1 aliphatic carbocycles. The first-order valence-corrected chi connectivity index (χ1v) is 10.1. The van der Waals surface area contributed by atoms with Gasteiger partial charge in [-0.3, -0.25) is 9.59 Å². The van der Waals surface area contributed by atoms with E-state index in [2.05, 4.69) is 15.6 Å². The maximum absolute atomic E-state index is 12.1. The summed E-state index contributed by atoms with van der Waals surface area (Å²) in [6.45, 7) is 2.42. The number of hydrogen-bond acceptors (Lipinski definition) is 4. The molecule has 138 valence electrons. The second-order valence-corrected chi connectivity index (χ2v) is 7.69. The summed E-state index contributed by atoms with van der Waals surface area (Å²) < 4.78 is 0.